The number of halogens is 3. The third kappa shape index (κ3) is 5.20. The molecule has 1 aromatic rings. The zero-order valence-electron chi connectivity index (χ0n) is 18.0. The number of sulfone groups is 1. The van der Waals surface area contributed by atoms with Gasteiger partial charge >= 0.3 is 6.18 Å². The summed E-state index contributed by atoms with van der Waals surface area (Å²) in [5.74, 6) is 0.0930. The summed E-state index contributed by atoms with van der Waals surface area (Å²) in [6.45, 7) is 5.07. The fourth-order valence-electron chi connectivity index (χ4n) is 4.15. The fourth-order valence-corrected chi connectivity index (χ4v) is 5.60. The van der Waals surface area contributed by atoms with Crippen molar-refractivity contribution in [3.63, 3.8) is 0 Å². The summed E-state index contributed by atoms with van der Waals surface area (Å²) in [5, 5.41) is 8.92. The quantitative estimate of drug-likeness (QED) is 0.589. The number of hydrogen-bond donors (Lipinski definition) is 0. The first-order valence-electron chi connectivity index (χ1n) is 10.4. The molecule has 3 rings (SSSR count). The Balaban J connectivity index is 1.74. The van der Waals surface area contributed by atoms with E-state index in [2.05, 4.69) is 4.99 Å². The highest BCUT2D eigenvalue weighted by atomic mass is 32.2. The van der Waals surface area contributed by atoms with Crippen LogP contribution in [0.2, 0.25) is 0 Å². The van der Waals surface area contributed by atoms with Crippen LogP contribution in [0.4, 0.5) is 13.2 Å². The number of aliphatic imine (C=N–C) groups is 1. The molecule has 4 nitrogen and oxygen atoms in total. The molecule has 0 amide bonds. The van der Waals surface area contributed by atoms with Crippen LogP contribution in [0.3, 0.4) is 0 Å². The molecule has 0 bridgehead atoms. The minimum atomic E-state index is -4.48. The molecule has 1 aliphatic heterocycles. The summed E-state index contributed by atoms with van der Waals surface area (Å²) in [4.78, 5) is 4.40. The smallest absolute Gasteiger partial charge is 0.256 e. The van der Waals surface area contributed by atoms with E-state index in [4.69, 9.17) is 5.26 Å². The molecule has 1 aromatic carbocycles. The number of allylic oxidation sites excluding steroid dienone is 1. The van der Waals surface area contributed by atoms with Crippen molar-refractivity contribution in [1.82, 2.24) is 0 Å². The van der Waals surface area contributed by atoms with Gasteiger partial charge in [0.2, 0.25) is 0 Å². The van der Waals surface area contributed by atoms with Gasteiger partial charge in [0.05, 0.1) is 33.4 Å². The van der Waals surface area contributed by atoms with Crippen molar-refractivity contribution in [2.24, 2.45) is 16.8 Å². The van der Waals surface area contributed by atoms with E-state index in [1.54, 1.807) is 20.8 Å². The fraction of sp³-hybridized carbons (Fsp3) is 0.565. The van der Waals surface area contributed by atoms with Gasteiger partial charge < -0.3 is 0 Å². The predicted octanol–water partition coefficient (Wildman–Crippen LogP) is 5.70. The maximum atomic E-state index is 13.7. The van der Waals surface area contributed by atoms with Gasteiger partial charge in [0, 0.05) is 17.7 Å². The summed E-state index contributed by atoms with van der Waals surface area (Å²) >= 11 is 0. The van der Waals surface area contributed by atoms with Crippen LogP contribution in [-0.4, -0.2) is 30.8 Å². The van der Waals surface area contributed by atoms with Crippen LogP contribution in [0.15, 0.2) is 34.8 Å². The van der Waals surface area contributed by atoms with Crippen LogP contribution in [0, 0.1) is 23.2 Å². The van der Waals surface area contributed by atoms with Gasteiger partial charge in [-0.05, 0) is 70.4 Å². The van der Waals surface area contributed by atoms with Gasteiger partial charge in [0.25, 0.3) is 0 Å². The number of nitriles is 1. The molecule has 1 fully saturated rings. The minimum Gasteiger partial charge on any atom is -0.256 e. The van der Waals surface area contributed by atoms with Gasteiger partial charge in [-0.1, -0.05) is 12.1 Å². The Labute approximate surface area is 181 Å². The second-order valence-corrected chi connectivity index (χ2v) is 12.2. The van der Waals surface area contributed by atoms with E-state index in [9.17, 15) is 21.6 Å². The van der Waals surface area contributed by atoms with E-state index in [0.717, 1.165) is 0 Å². The molecule has 0 spiro atoms. The van der Waals surface area contributed by atoms with Crippen LogP contribution in [0.25, 0.3) is 5.70 Å². The standard InChI is InChI=1S/C23H27F3N2O2S/c1-22(2,3)31(29,30)14-16-6-8-17(9-7-16)20-12-19(23(24,25)26)21(28-20)18-10-4-15(13-27)5-11-18/h4-5,10-11,16-17H,6-9,12,14H2,1-3H3. The van der Waals surface area contributed by atoms with Crippen molar-refractivity contribution in [1.29, 1.82) is 5.26 Å². The van der Waals surface area contributed by atoms with Crippen molar-refractivity contribution in [2.45, 2.75) is 63.8 Å². The summed E-state index contributed by atoms with van der Waals surface area (Å²) in [6.07, 6.45) is -2.07. The molecule has 1 saturated carbocycles. The maximum absolute atomic E-state index is 13.7. The molecule has 0 unspecified atom stereocenters. The second-order valence-electron chi connectivity index (χ2n) is 9.41. The van der Waals surface area contributed by atoms with E-state index in [0.29, 0.717) is 42.5 Å². The molecule has 1 aliphatic carbocycles. The van der Waals surface area contributed by atoms with E-state index in [1.165, 1.54) is 24.3 Å². The maximum Gasteiger partial charge on any atom is 0.415 e. The molecular weight excluding hydrogens is 425 g/mol. The number of hydrogen-bond acceptors (Lipinski definition) is 4. The van der Waals surface area contributed by atoms with Gasteiger partial charge in [0.15, 0.2) is 9.84 Å². The van der Waals surface area contributed by atoms with E-state index in [-0.39, 0.29) is 29.7 Å². The number of nitrogens with zero attached hydrogens (tertiary/aromatic N) is 2. The normalized spacial score (nSPS) is 22.9. The monoisotopic (exact) mass is 452 g/mol. The highest BCUT2D eigenvalue weighted by Gasteiger charge is 2.42. The summed E-state index contributed by atoms with van der Waals surface area (Å²) in [5.41, 5.74) is 0.549. The molecule has 1 heterocycles. The molecule has 8 heteroatoms. The lowest BCUT2D eigenvalue weighted by atomic mass is 9.79. The van der Waals surface area contributed by atoms with Crippen molar-refractivity contribution in [3.05, 3.63) is 41.0 Å². The van der Waals surface area contributed by atoms with Crippen LogP contribution in [0.5, 0.6) is 0 Å². The summed E-state index contributed by atoms with van der Waals surface area (Å²) < 4.78 is 65.2. The highest BCUT2D eigenvalue weighted by molar-refractivity contribution is 7.92. The van der Waals surface area contributed by atoms with Gasteiger partial charge in [-0.15, -0.1) is 0 Å². The molecule has 31 heavy (non-hydrogen) atoms. The summed E-state index contributed by atoms with van der Waals surface area (Å²) in [6, 6.07) is 7.94. The Morgan fingerprint density at radius 2 is 1.65 bits per heavy atom. The lowest BCUT2D eigenvalue weighted by Crippen LogP contribution is -2.35. The Kier molecular flexibility index (Phi) is 6.39. The molecule has 0 aromatic heterocycles. The Bertz CT molecular complexity index is 1030. The molecule has 168 valence electrons. The number of rotatable bonds is 4. The Morgan fingerprint density at radius 3 is 2.13 bits per heavy atom. The number of benzene rings is 1. The number of alkyl halides is 3. The molecule has 0 saturated heterocycles. The van der Waals surface area contributed by atoms with Gasteiger partial charge in [-0.2, -0.15) is 18.4 Å². The zero-order valence-corrected chi connectivity index (χ0v) is 18.8. The first-order valence-corrected chi connectivity index (χ1v) is 12.1. The lowest BCUT2D eigenvalue weighted by Gasteiger charge is -2.30. The molecule has 0 N–H and O–H groups in total. The minimum absolute atomic E-state index is 0.0375. The first kappa shape index (κ1) is 23.5. The van der Waals surface area contributed by atoms with Crippen LogP contribution in [0.1, 0.15) is 64.0 Å². The Hall–Kier alpha value is -2.14. The predicted molar refractivity (Wildman–Crippen MR) is 115 cm³/mol. The third-order valence-electron chi connectivity index (χ3n) is 6.23. The summed E-state index contributed by atoms with van der Waals surface area (Å²) in [7, 11) is -3.22. The molecular formula is C23H27F3N2O2S. The van der Waals surface area contributed by atoms with E-state index in [1.807, 2.05) is 6.07 Å². The average molecular weight is 453 g/mol. The van der Waals surface area contributed by atoms with Gasteiger partial charge in [-0.25, -0.2) is 8.42 Å². The lowest BCUT2D eigenvalue weighted by molar-refractivity contribution is -0.0917. The Morgan fingerprint density at radius 1 is 1.06 bits per heavy atom. The van der Waals surface area contributed by atoms with Gasteiger partial charge in [0.1, 0.15) is 0 Å². The highest BCUT2D eigenvalue weighted by Crippen LogP contribution is 2.43. The third-order valence-corrected chi connectivity index (χ3v) is 9.01. The van der Waals surface area contributed by atoms with Crippen LogP contribution < -0.4 is 0 Å². The first-order chi connectivity index (χ1) is 14.3. The van der Waals surface area contributed by atoms with Crippen LogP contribution in [-0.2, 0) is 9.84 Å². The molecule has 0 atom stereocenters. The van der Waals surface area contributed by atoms with Crippen molar-refractivity contribution < 1.29 is 21.6 Å². The second kappa shape index (κ2) is 8.42. The molecule has 0 radical (unpaired) electrons. The zero-order chi connectivity index (χ0) is 23.0. The van der Waals surface area contributed by atoms with E-state index < -0.39 is 26.3 Å². The van der Waals surface area contributed by atoms with Crippen LogP contribution >= 0.6 is 0 Å². The topological polar surface area (TPSA) is 70.3 Å². The van der Waals surface area contributed by atoms with Crippen molar-refractivity contribution >= 4 is 21.2 Å². The average Bonchev–Trinajstić information content (AvgIpc) is 3.13. The largest absolute Gasteiger partial charge is 0.415 e. The SMILES string of the molecule is CC(C)(C)S(=O)(=O)CC1CCC(C2=NC(c3ccc(C#N)cc3)=C(C(F)(F)F)C2)CC1. The molecule has 2 aliphatic rings. The van der Waals surface area contributed by atoms with E-state index >= 15 is 0 Å². The van der Waals surface area contributed by atoms with Gasteiger partial charge in [-0.3, -0.25) is 4.99 Å². The van der Waals surface area contributed by atoms with Crippen molar-refractivity contribution in [2.75, 3.05) is 5.75 Å². The van der Waals surface area contributed by atoms with Crippen molar-refractivity contribution in [3.8, 4) is 6.07 Å².